The molecule has 0 bridgehead atoms. The number of hydrogen-bond acceptors (Lipinski definition) is 7. The molecular weight excluding hydrogens is 554 g/mol. The molecule has 0 unspecified atom stereocenters. The van der Waals surface area contributed by atoms with Gasteiger partial charge in [-0.3, -0.25) is 10.1 Å². The number of thioether (sulfide) groups is 1. The van der Waals surface area contributed by atoms with Crippen molar-refractivity contribution in [2.75, 3.05) is 10.0 Å². The zero-order valence-corrected chi connectivity index (χ0v) is 24.4. The van der Waals surface area contributed by atoms with Gasteiger partial charge in [0, 0.05) is 28.8 Å². The number of allylic oxidation sites excluding steroid dienone is 4. The van der Waals surface area contributed by atoms with Crippen LogP contribution in [-0.2, 0) is 4.99 Å². The summed E-state index contributed by atoms with van der Waals surface area (Å²) in [5.74, 6) is 0. The van der Waals surface area contributed by atoms with Crippen molar-refractivity contribution >= 4 is 39.6 Å². The van der Waals surface area contributed by atoms with Gasteiger partial charge in [0.15, 0.2) is 0 Å². The molecule has 0 amide bonds. The summed E-state index contributed by atoms with van der Waals surface area (Å²) in [5.41, 5.74) is 8.48. The van der Waals surface area contributed by atoms with Crippen molar-refractivity contribution < 1.29 is 4.92 Å². The molecule has 3 aliphatic rings. The van der Waals surface area contributed by atoms with E-state index in [0.717, 1.165) is 58.1 Å². The van der Waals surface area contributed by atoms with Crippen molar-refractivity contribution in [2.45, 2.75) is 31.2 Å². The molecule has 1 atom stereocenters. The molecule has 0 aromatic heterocycles. The maximum atomic E-state index is 11.4. The summed E-state index contributed by atoms with van der Waals surface area (Å²) in [6.45, 7) is 2.21. The molecule has 1 spiro atoms. The van der Waals surface area contributed by atoms with Gasteiger partial charge in [0.25, 0.3) is 5.69 Å². The fourth-order valence-corrected chi connectivity index (χ4v) is 7.22. The second-order valence-corrected chi connectivity index (χ2v) is 11.7. The summed E-state index contributed by atoms with van der Waals surface area (Å²) in [7, 11) is 0. The van der Waals surface area contributed by atoms with E-state index in [2.05, 4.69) is 72.6 Å². The summed E-state index contributed by atoms with van der Waals surface area (Å²) in [6, 6.07) is 35.4. The van der Waals surface area contributed by atoms with E-state index in [9.17, 15) is 10.1 Å². The van der Waals surface area contributed by atoms with E-state index in [1.807, 2.05) is 41.4 Å². The molecule has 4 aromatic carbocycles. The van der Waals surface area contributed by atoms with Crippen LogP contribution in [-0.4, -0.2) is 15.7 Å². The van der Waals surface area contributed by atoms with Gasteiger partial charge >= 0.3 is 0 Å². The number of hydrazone groups is 2. The van der Waals surface area contributed by atoms with Gasteiger partial charge in [0.05, 0.1) is 22.0 Å². The molecule has 212 valence electrons. The predicted octanol–water partition coefficient (Wildman–Crippen LogP) is 8.60. The van der Waals surface area contributed by atoms with E-state index in [-0.39, 0.29) is 10.6 Å². The average Bonchev–Trinajstić information content (AvgIpc) is 3.47. The molecule has 7 nitrogen and oxygen atoms in total. The Bertz CT molecular complexity index is 1820. The predicted molar refractivity (Wildman–Crippen MR) is 175 cm³/mol. The lowest BCUT2D eigenvalue weighted by Gasteiger charge is -2.47. The van der Waals surface area contributed by atoms with Crippen LogP contribution in [0.25, 0.3) is 0 Å². The largest absolute Gasteiger partial charge is 0.269 e. The Kier molecular flexibility index (Phi) is 6.91. The zero-order valence-electron chi connectivity index (χ0n) is 23.6. The van der Waals surface area contributed by atoms with E-state index < -0.39 is 4.99 Å². The lowest BCUT2D eigenvalue weighted by molar-refractivity contribution is -0.384. The second-order valence-electron chi connectivity index (χ2n) is 10.6. The summed E-state index contributed by atoms with van der Waals surface area (Å²) in [5, 5.41) is 27.0. The number of nitro groups is 1. The van der Waals surface area contributed by atoms with Crippen molar-refractivity contribution in [1.29, 1.82) is 0 Å². The number of non-ortho nitro benzene ring substituents is 1. The normalized spacial score (nSPS) is 19.4. The molecular formula is C35H29N5O2S. The summed E-state index contributed by atoms with van der Waals surface area (Å²) < 4.78 is 0. The number of nitro benzene ring substituents is 1. The van der Waals surface area contributed by atoms with Gasteiger partial charge in [-0.2, -0.15) is 10.2 Å². The van der Waals surface area contributed by atoms with E-state index >= 15 is 0 Å². The molecule has 2 heterocycles. The Morgan fingerprint density at radius 3 is 2.02 bits per heavy atom. The number of anilines is 2. The number of para-hydroxylation sites is 2. The van der Waals surface area contributed by atoms with E-state index in [0.29, 0.717) is 0 Å². The monoisotopic (exact) mass is 583 g/mol. The van der Waals surface area contributed by atoms with Crippen molar-refractivity contribution in [3.8, 4) is 0 Å². The Morgan fingerprint density at radius 2 is 1.42 bits per heavy atom. The van der Waals surface area contributed by atoms with Crippen LogP contribution in [0.2, 0.25) is 0 Å². The Morgan fingerprint density at radius 1 is 0.791 bits per heavy atom. The number of rotatable bonds is 6. The van der Waals surface area contributed by atoms with E-state index in [1.54, 1.807) is 23.9 Å². The van der Waals surface area contributed by atoms with Crippen LogP contribution in [0.1, 0.15) is 42.9 Å². The van der Waals surface area contributed by atoms with Gasteiger partial charge in [0.1, 0.15) is 5.04 Å². The highest BCUT2D eigenvalue weighted by molar-refractivity contribution is 8.15. The van der Waals surface area contributed by atoms with Gasteiger partial charge in [-0.05, 0) is 73.0 Å². The quantitative estimate of drug-likeness (QED) is 0.168. The molecule has 43 heavy (non-hydrogen) atoms. The van der Waals surface area contributed by atoms with Crippen LogP contribution >= 0.6 is 11.8 Å². The van der Waals surface area contributed by atoms with E-state index in [4.69, 9.17) is 10.2 Å². The summed E-state index contributed by atoms with van der Waals surface area (Å²) in [6.07, 6.45) is 7.49. The molecule has 0 saturated carbocycles. The highest BCUT2D eigenvalue weighted by Crippen LogP contribution is 2.55. The molecule has 0 N–H and O–H groups in total. The Balaban J connectivity index is 1.46. The minimum Gasteiger partial charge on any atom is -0.258 e. The fourth-order valence-electron chi connectivity index (χ4n) is 5.82. The first-order valence-electron chi connectivity index (χ1n) is 14.4. The van der Waals surface area contributed by atoms with Crippen molar-refractivity contribution in [2.24, 2.45) is 10.2 Å². The van der Waals surface area contributed by atoms with Gasteiger partial charge in [0.2, 0.25) is 4.99 Å². The van der Waals surface area contributed by atoms with Crippen LogP contribution in [0, 0.1) is 10.1 Å². The molecule has 4 aromatic rings. The van der Waals surface area contributed by atoms with Crippen molar-refractivity contribution in [3.05, 3.63) is 159 Å². The number of fused-ring (bicyclic) bond motifs is 2. The van der Waals surface area contributed by atoms with Gasteiger partial charge in [-0.1, -0.05) is 85.3 Å². The third kappa shape index (κ3) is 4.64. The maximum absolute atomic E-state index is 11.4. The SMILES string of the molecule is CCC1=CC=C(C2=NN(c3ccccc3)[C@@]3(SC(c4ccc([N+](=O)[O-])cc4)=NN3c3ccccc3)c3ccccc32)CC1. The first-order valence-corrected chi connectivity index (χ1v) is 15.2. The average molecular weight is 584 g/mol. The van der Waals surface area contributed by atoms with E-state index in [1.165, 1.54) is 23.3 Å². The summed E-state index contributed by atoms with van der Waals surface area (Å²) >= 11 is 1.60. The Labute approximate surface area is 254 Å². The third-order valence-corrected chi connectivity index (χ3v) is 9.42. The maximum Gasteiger partial charge on any atom is 0.269 e. The Hall–Kier alpha value is -4.95. The number of hydrogen-bond donors (Lipinski definition) is 0. The lowest BCUT2D eigenvalue weighted by atomic mass is 9.87. The smallest absolute Gasteiger partial charge is 0.258 e. The highest BCUT2D eigenvalue weighted by Gasteiger charge is 2.55. The summed E-state index contributed by atoms with van der Waals surface area (Å²) in [4.78, 5) is 10.1. The first-order chi connectivity index (χ1) is 21.1. The van der Waals surface area contributed by atoms with Crippen LogP contribution in [0.3, 0.4) is 0 Å². The molecule has 1 aliphatic carbocycles. The molecule has 0 saturated heterocycles. The van der Waals surface area contributed by atoms with Crippen LogP contribution in [0.15, 0.2) is 143 Å². The van der Waals surface area contributed by atoms with Crippen LogP contribution in [0.5, 0.6) is 0 Å². The number of nitrogens with zero attached hydrogens (tertiary/aromatic N) is 5. The molecule has 0 radical (unpaired) electrons. The molecule has 0 fully saturated rings. The van der Waals surface area contributed by atoms with Gasteiger partial charge in [-0.25, -0.2) is 10.0 Å². The molecule has 8 heteroatoms. The fraction of sp³-hybridized carbons (Fsp3) is 0.143. The van der Waals surface area contributed by atoms with Gasteiger partial charge in [-0.15, -0.1) is 0 Å². The highest BCUT2D eigenvalue weighted by atomic mass is 32.2. The molecule has 2 aliphatic heterocycles. The number of benzene rings is 4. The van der Waals surface area contributed by atoms with Crippen LogP contribution < -0.4 is 10.0 Å². The van der Waals surface area contributed by atoms with Gasteiger partial charge < -0.3 is 0 Å². The standard InChI is InChI=1S/C35H29N5O2S/c1-2-25-17-19-26(20-18-25)33-31-15-9-10-16-32(31)35(38(36-33)28-11-5-3-6-12-28)39(29-13-7-4-8-14-29)37-34(43-35)27-21-23-30(24-22-27)40(41)42/h3-17,19,21-24H,2,18,20H2,1H3/t35-/m0/s1. The topological polar surface area (TPSA) is 74.3 Å². The lowest BCUT2D eigenvalue weighted by Crippen LogP contribution is -2.54. The third-order valence-electron chi connectivity index (χ3n) is 8.06. The first kappa shape index (κ1) is 26.9. The zero-order chi connectivity index (χ0) is 29.4. The minimum atomic E-state index is -0.903. The van der Waals surface area contributed by atoms with Crippen molar-refractivity contribution in [1.82, 2.24) is 0 Å². The van der Waals surface area contributed by atoms with Crippen LogP contribution in [0.4, 0.5) is 17.1 Å². The minimum absolute atomic E-state index is 0.0474. The molecule has 7 rings (SSSR count). The second kappa shape index (κ2) is 11.0. The van der Waals surface area contributed by atoms with Crippen molar-refractivity contribution in [3.63, 3.8) is 0 Å².